The number of benzene rings is 2. The molecule has 0 atom stereocenters. The molecular formula is C16H13F2NO4. The molecule has 0 bridgehead atoms. The predicted octanol–water partition coefficient (Wildman–Crippen LogP) is 2.77. The van der Waals surface area contributed by atoms with Crippen LogP contribution in [0.1, 0.15) is 10.4 Å². The van der Waals surface area contributed by atoms with Crippen LogP contribution in [0.15, 0.2) is 42.5 Å². The predicted molar refractivity (Wildman–Crippen MR) is 78.3 cm³/mol. The molecule has 1 N–H and O–H groups in total. The van der Waals surface area contributed by atoms with Crippen LogP contribution >= 0.6 is 0 Å². The topological polar surface area (TPSA) is 64.6 Å². The van der Waals surface area contributed by atoms with Crippen LogP contribution in [0.25, 0.3) is 0 Å². The average molecular weight is 321 g/mol. The molecule has 0 spiro atoms. The first-order valence-electron chi connectivity index (χ1n) is 6.56. The first kappa shape index (κ1) is 16.4. The monoisotopic (exact) mass is 321 g/mol. The van der Waals surface area contributed by atoms with E-state index >= 15 is 0 Å². The van der Waals surface area contributed by atoms with E-state index in [4.69, 9.17) is 9.47 Å². The fourth-order valence-corrected chi connectivity index (χ4v) is 1.80. The summed E-state index contributed by atoms with van der Waals surface area (Å²) in [5.41, 5.74) is -0.0412. The second kappa shape index (κ2) is 7.35. The number of para-hydroxylation sites is 1. The number of esters is 1. The van der Waals surface area contributed by atoms with Gasteiger partial charge in [0.05, 0.1) is 12.8 Å². The van der Waals surface area contributed by atoms with Gasteiger partial charge in [-0.2, -0.15) is 0 Å². The van der Waals surface area contributed by atoms with Crippen LogP contribution in [-0.4, -0.2) is 25.6 Å². The maximum absolute atomic E-state index is 13.4. The third kappa shape index (κ3) is 4.26. The standard InChI is InChI=1S/C16H13F2NO4/c1-22-14-5-3-2-4-11(14)16(21)23-9-15(20)19-13-7-6-10(17)8-12(13)18/h2-8H,9H2,1H3,(H,19,20). The maximum atomic E-state index is 13.4. The highest BCUT2D eigenvalue weighted by molar-refractivity contribution is 5.96. The van der Waals surface area contributed by atoms with Crippen molar-refractivity contribution in [3.8, 4) is 5.75 Å². The number of carbonyl (C=O) groups is 2. The van der Waals surface area contributed by atoms with Crippen molar-refractivity contribution in [1.29, 1.82) is 0 Å². The molecule has 0 saturated carbocycles. The van der Waals surface area contributed by atoms with E-state index in [1.165, 1.54) is 13.2 Å². The van der Waals surface area contributed by atoms with Crippen LogP contribution in [0.5, 0.6) is 5.75 Å². The molecule has 0 aliphatic rings. The molecule has 7 heteroatoms. The van der Waals surface area contributed by atoms with E-state index in [-0.39, 0.29) is 11.3 Å². The molecule has 120 valence electrons. The van der Waals surface area contributed by atoms with Crippen molar-refractivity contribution in [3.63, 3.8) is 0 Å². The molecule has 0 fully saturated rings. The highest BCUT2D eigenvalue weighted by atomic mass is 19.1. The molecule has 2 rings (SSSR count). The van der Waals surface area contributed by atoms with Crippen molar-refractivity contribution in [2.45, 2.75) is 0 Å². The number of nitrogens with one attached hydrogen (secondary N) is 1. The van der Waals surface area contributed by atoms with Crippen molar-refractivity contribution >= 4 is 17.6 Å². The summed E-state index contributed by atoms with van der Waals surface area (Å²) in [6.07, 6.45) is 0. The van der Waals surface area contributed by atoms with Crippen molar-refractivity contribution in [2.24, 2.45) is 0 Å². The Morgan fingerprint density at radius 3 is 2.57 bits per heavy atom. The molecular weight excluding hydrogens is 308 g/mol. The van der Waals surface area contributed by atoms with Gasteiger partial charge in [-0.1, -0.05) is 12.1 Å². The quantitative estimate of drug-likeness (QED) is 0.860. The lowest BCUT2D eigenvalue weighted by Gasteiger charge is -2.09. The van der Waals surface area contributed by atoms with E-state index in [1.54, 1.807) is 18.2 Å². The fraction of sp³-hybridized carbons (Fsp3) is 0.125. The zero-order valence-electron chi connectivity index (χ0n) is 12.1. The molecule has 2 aromatic rings. The van der Waals surface area contributed by atoms with Gasteiger partial charge >= 0.3 is 5.97 Å². The number of methoxy groups -OCH3 is 1. The fourth-order valence-electron chi connectivity index (χ4n) is 1.80. The lowest BCUT2D eigenvalue weighted by atomic mass is 10.2. The Hall–Kier alpha value is -2.96. The summed E-state index contributed by atoms with van der Waals surface area (Å²) in [6, 6.07) is 9.07. The van der Waals surface area contributed by atoms with Gasteiger partial charge in [-0.3, -0.25) is 4.79 Å². The molecule has 23 heavy (non-hydrogen) atoms. The van der Waals surface area contributed by atoms with Crippen LogP contribution in [0.3, 0.4) is 0 Å². The minimum Gasteiger partial charge on any atom is -0.496 e. The van der Waals surface area contributed by atoms with E-state index in [9.17, 15) is 18.4 Å². The van der Waals surface area contributed by atoms with E-state index in [0.29, 0.717) is 11.8 Å². The molecule has 2 aromatic carbocycles. The van der Waals surface area contributed by atoms with Crippen LogP contribution in [0.4, 0.5) is 14.5 Å². The van der Waals surface area contributed by atoms with Crippen molar-refractivity contribution in [1.82, 2.24) is 0 Å². The Morgan fingerprint density at radius 1 is 1.13 bits per heavy atom. The molecule has 0 saturated heterocycles. The zero-order chi connectivity index (χ0) is 16.8. The normalized spacial score (nSPS) is 10.0. The smallest absolute Gasteiger partial charge is 0.342 e. The van der Waals surface area contributed by atoms with Crippen LogP contribution in [0.2, 0.25) is 0 Å². The van der Waals surface area contributed by atoms with Gasteiger partial charge in [0.1, 0.15) is 22.9 Å². The van der Waals surface area contributed by atoms with E-state index in [0.717, 1.165) is 12.1 Å². The third-order valence-electron chi connectivity index (χ3n) is 2.87. The summed E-state index contributed by atoms with van der Waals surface area (Å²) in [4.78, 5) is 23.5. The van der Waals surface area contributed by atoms with E-state index in [1.807, 2.05) is 0 Å². The Balaban J connectivity index is 1.95. The summed E-state index contributed by atoms with van der Waals surface area (Å²) >= 11 is 0. The molecule has 0 radical (unpaired) electrons. The minimum absolute atomic E-state index is 0.163. The Morgan fingerprint density at radius 2 is 1.87 bits per heavy atom. The summed E-state index contributed by atoms with van der Waals surface area (Å²) in [7, 11) is 1.40. The van der Waals surface area contributed by atoms with Gasteiger partial charge < -0.3 is 14.8 Å². The lowest BCUT2D eigenvalue weighted by Crippen LogP contribution is -2.21. The molecule has 0 aliphatic carbocycles. The molecule has 1 amide bonds. The van der Waals surface area contributed by atoms with Gasteiger partial charge in [0.2, 0.25) is 0 Å². The van der Waals surface area contributed by atoms with Crippen molar-refractivity contribution in [3.05, 3.63) is 59.7 Å². The van der Waals surface area contributed by atoms with E-state index in [2.05, 4.69) is 5.32 Å². The largest absolute Gasteiger partial charge is 0.496 e. The molecule has 0 unspecified atom stereocenters. The summed E-state index contributed by atoms with van der Waals surface area (Å²) in [5.74, 6) is -2.88. The number of halogens is 2. The number of amides is 1. The second-order valence-corrected chi connectivity index (χ2v) is 4.45. The number of hydrogen-bond acceptors (Lipinski definition) is 4. The molecule has 0 heterocycles. The highest BCUT2D eigenvalue weighted by Gasteiger charge is 2.15. The van der Waals surface area contributed by atoms with Gasteiger partial charge in [-0.15, -0.1) is 0 Å². The zero-order valence-corrected chi connectivity index (χ0v) is 12.1. The number of anilines is 1. The molecule has 0 aliphatic heterocycles. The first-order valence-corrected chi connectivity index (χ1v) is 6.56. The summed E-state index contributed by atoms with van der Waals surface area (Å²) < 4.78 is 36.0. The van der Waals surface area contributed by atoms with Gasteiger partial charge in [-0.05, 0) is 24.3 Å². The first-order chi connectivity index (χ1) is 11.0. The maximum Gasteiger partial charge on any atom is 0.342 e. The van der Waals surface area contributed by atoms with Crippen LogP contribution in [0, 0.1) is 11.6 Å². The minimum atomic E-state index is -0.922. The Bertz CT molecular complexity index is 734. The van der Waals surface area contributed by atoms with Gasteiger partial charge in [0.15, 0.2) is 6.61 Å². The SMILES string of the molecule is COc1ccccc1C(=O)OCC(=O)Nc1ccc(F)cc1F. The van der Waals surface area contributed by atoms with Gasteiger partial charge in [0, 0.05) is 6.07 Å². The second-order valence-electron chi connectivity index (χ2n) is 4.45. The lowest BCUT2D eigenvalue weighted by molar-refractivity contribution is -0.119. The number of carbonyl (C=O) groups excluding carboxylic acids is 2. The van der Waals surface area contributed by atoms with Gasteiger partial charge in [0.25, 0.3) is 5.91 Å². The van der Waals surface area contributed by atoms with Crippen LogP contribution in [-0.2, 0) is 9.53 Å². The number of hydrogen-bond donors (Lipinski definition) is 1. The molecule has 0 aromatic heterocycles. The number of rotatable bonds is 5. The number of ether oxygens (including phenoxy) is 2. The summed E-state index contributed by atoms with van der Waals surface area (Å²) in [5, 5.41) is 2.18. The van der Waals surface area contributed by atoms with Crippen LogP contribution < -0.4 is 10.1 Å². The summed E-state index contributed by atoms with van der Waals surface area (Å²) in [6.45, 7) is -0.617. The molecule has 5 nitrogen and oxygen atoms in total. The van der Waals surface area contributed by atoms with E-state index < -0.39 is 30.1 Å². The third-order valence-corrected chi connectivity index (χ3v) is 2.87. The van der Waals surface area contributed by atoms with Crippen molar-refractivity contribution in [2.75, 3.05) is 19.0 Å². The Kier molecular flexibility index (Phi) is 5.24. The highest BCUT2D eigenvalue weighted by Crippen LogP contribution is 2.18. The Labute approximate surface area is 130 Å². The van der Waals surface area contributed by atoms with Crippen molar-refractivity contribution < 1.29 is 27.8 Å². The van der Waals surface area contributed by atoms with Gasteiger partial charge in [-0.25, -0.2) is 13.6 Å². The average Bonchev–Trinajstić information content (AvgIpc) is 2.55.